The molecular formula is C16H22N2O2. The molecule has 0 saturated carbocycles. The first-order valence-electron chi connectivity index (χ1n) is 7.43. The fraction of sp³-hybridized carbons (Fsp3) is 0.500. The molecule has 1 atom stereocenters. The van der Waals surface area contributed by atoms with Gasteiger partial charge < -0.3 is 20.1 Å². The number of aliphatic hydroxyl groups excluding tert-OH is 1. The minimum Gasteiger partial charge on any atom is -0.493 e. The normalized spacial score (nSPS) is 18.3. The summed E-state index contributed by atoms with van der Waals surface area (Å²) in [6, 6.07) is 5.97. The van der Waals surface area contributed by atoms with E-state index in [1.165, 1.54) is 0 Å². The monoisotopic (exact) mass is 274 g/mol. The zero-order valence-electron chi connectivity index (χ0n) is 11.9. The fourth-order valence-corrected chi connectivity index (χ4v) is 3.10. The quantitative estimate of drug-likeness (QED) is 0.803. The largest absolute Gasteiger partial charge is 0.493 e. The van der Waals surface area contributed by atoms with Crippen molar-refractivity contribution in [1.82, 2.24) is 10.3 Å². The van der Waals surface area contributed by atoms with Gasteiger partial charge in [-0.25, -0.2) is 0 Å². The highest BCUT2D eigenvalue weighted by Crippen LogP contribution is 2.37. The van der Waals surface area contributed by atoms with Crippen LogP contribution in [-0.4, -0.2) is 29.8 Å². The topological polar surface area (TPSA) is 57.3 Å². The van der Waals surface area contributed by atoms with Crippen molar-refractivity contribution in [3.8, 4) is 5.75 Å². The standard InChI is InChI=1S/C16H22N2O2/c1-2-20-14-5-3-4-13-15(14)12(10-18-13)16(19)11-6-8-17-9-7-11/h3-5,10-11,16-19H,2,6-9H2,1H3. The molecule has 1 aliphatic heterocycles. The van der Waals surface area contributed by atoms with E-state index in [2.05, 4.69) is 10.3 Å². The smallest absolute Gasteiger partial charge is 0.129 e. The molecule has 1 aromatic heterocycles. The number of hydrogen-bond donors (Lipinski definition) is 3. The van der Waals surface area contributed by atoms with Crippen LogP contribution in [-0.2, 0) is 0 Å². The number of H-pyrrole nitrogens is 1. The minimum absolute atomic E-state index is 0.324. The second-order valence-corrected chi connectivity index (χ2v) is 5.39. The van der Waals surface area contributed by atoms with Gasteiger partial charge in [0.1, 0.15) is 5.75 Å². The van der Waals surface area contributed by atoms with Crippen molar-refractivity contribution >= 4 is 10.9 Å². The van der Waals surface area contributed by atoms with E-state index < -0.39 is 6.10 Å². The summed E-state index contributed by atoms with van der Waals surface area (Å²) in [5.74, 6) is 1.18. The Balaban J connectivity index is 1.97. The van der Waals surface area contributed by atoms with Gasteiger partial charge >= 0.3 is 0 Å². The molecule has 4 nitrogen and oxygen atoms in total. The molecule has 4 heteroatoms. The molecule has 1 fully saturated rings. The first-order valence-corrected chi connectivity index (χ1v) is 7.43. The lowest BCUT2D eigenvalue weighted by Gasteiger charge is -2.27. The van der Waals surface area contributed by atoms with Crippen LogP contribution >= 0.6 is 0 Å². The number of benzene rings is 1. The maximum absolute atomic E-state index is 10.7. The minimum atomic E-state index is -0.424. The Morgan fingerprint density at radius 3 is 2.90 bits per heavy atom. The maximum Gasteiger partial charge on any atom is 0.129 e. The molecule has 0 amide bonds. The molecule has 20 heavy (non-hydrogen) atoms. The van der Waals surface area contributed by atoms with Gasteiger partial charge in [-0.2, -0.15) is 0 Å². The second kappa shape index (κ2) is 5.85. The van der Waals surface area contributed by atoms with E-state index in [9.17, 15) is 5.11 Å². The van der Waals surface area contributed by atoms with Crippen LogP contribution in [0, 0.1) is 5.92 Å². The van der Waals surface area contributed by atoms with Gasteiger partial charge in [-0.3, -0.25) is 0 Å². The number of aliphatic hydroxyl groups is 1. The number of aromatic nitrogens is 1. The summed E-state index contributed by atoms with van der Waals surface area (Å²) in [6.07, 6.45) is 3.54. The summed E-state index contributed by atoms with van der Waals surface area (Å²) in [6.45, 7) is 4.59. The van der Waals surface area contributed by atoms with Crippen LogP contribution in [0.3, 0.4) is 0 Å². The van der Waals surface area contributed by atoms with Crippen LogP contribution in [0.2, 0.25) is 0 Å². The molecule has 0 radical (unpaired) electrons. The van der Waals surface area contributed by atoms with Crippen LogP contribution in [0.1, 0.15) is 31.4 Å². The average Bonchev–Trinajstić information content (AvgIpc) is 2.93. The number of fused-ring (bicyclic) bond motifs is 1. The van der Waals surface area contributed by atoms with E-state index in [1.54, 1.807) is 0 Å². The van der Waals surface area contributed by atoms with Crippen molar-refractivity contribution in [2.75, 3.05) is 19.7 Å². The van der Waals surface area contributed by atoms with E-state index in [0.717, 1.165) is 48.1 Å². The predicted octanol–water partition coefficient (Wildman–Crippen LogP) is 2.60. The first kappa shape index (κ1) is 13.5. The Labute approximate surface area is 119 Å². The van der Waals surface area contributed by atoms with Gasteiger partial charge in [-0.15, -0.1) is 0 Å². The summed E-state index contributed by atoms with van der Waals surface area (Å²) in [5, 5.41) is 15.1. The number of piperidine rings is 1. The Morgan fingerprint density at radius 2 is 2.15 bits per heavy atom. The van der Waals surface area contributed by atoms with E-state index in [1.807, 2.05) is 31.3 Å². The Bertz CT molecular complexity index is 573. The predicted molar refractivity (Wildman–Crippen MR) is 80.0 cm³/mol. The van der Waals surface area contributed by atoms with Crippen LogP contribution in [0.15, 0.2) is 24.4 Å². The van der Waals surface area contributed by atoms with Crippen LogP contribution < -0.4 is 10.1 Å². The maximum atomic E-state index is 10.7. The summed E-state index contributed by atoms with van der Waals surface area (Å²) < 4.78 is 5.71. The molecule has 0 bridgehead atoms. The number of aromatic amines is 1. The third kappa shape index (κ3) is 2.41. The van der Waals surface area contributed by atoms with E-state index in [4.69, 9.17) is 4.74 Å². The molecule has 3 rings (SSSR count). The highest BCUT2D eigenvalue weighted by Gasteiger charge is 2.26. The van der Waals surface area contributed by atoms with Crippen molar-refractivity contribution < 1.29 is 9.84 Å². The molecule has 108 valence electrons. The van der Waals surface area contributed by atoms with Crippen LogP contribution in [0.25, 0.3) is 10.9 Å². The van der Waals surface area contributed by atoms with Crippen molar-refractivity contribution in [3.05, 3.63) is 30.0 Å². The van der Waals surface area contributed by atoms with Crippen LogP contribution in [0.4, 0.5) is 0 Å². The van der Waals surface area contributed by atoms with Gasteiger partial charge in [0.2, 0.25) is 0 Å². The van der Waals surface area contributed by atoms with E-state index in [0.29, 0.717) is 12.5 Å². The number of rotatable bonds is 4. The zero-order chi connectivity index (χ0) is 13.9. The van der Waals surface area contributed by atoms with Gasteiger partial charge in [0.05, 0.1) is 12.7 Å². The second-order valence-electron chi connectivity index (χ2n) is 5.39. The van der Waals surface area contributed by atoms with Gasteiger partial charge in [-0.1, -0.05) is 6.07 Å². The molecule has 0 spiro atoms. The molecule has 2 heterocycles. The van der Waals surface area contributed by atoms with Gasteiger partial charge in [0.25, 0.3) is 0 Å². The van der Waals surface area contributed by atoms with Crippen molar-refractivity contribution in [2.45, 2.75) is 25.9 Å². The highest BCUT2D eigenvalue weighted by molar-refractivity contribution is 5.89. The third-order valence-corrected chi connectivity index (χ3v) is 4.15. The molecule has 1 unspecified atom stereocenters. The first-order chi connectivity index (χ1) is 9.81. The van der Waals surface area contributed by atoms with Crippen molar-refractivity contribution in [3.63, 3.8) is 0 Å². The Hall–Kier alpha value is -1.52. The summed E-state index contributed by atoms with van der Waals surface area (Å²) >= 11 is 0. The number of hydrogen-bond acceptors (Lipinski definition) is 3. The fourth-order valence-electron chi connectivity index (χ4n) is 3.10. The number of nitrogens with one attached hydrogen (secondary N) is 2. The molecule has 1 aliphatic rings. The molecule has 1 saturated heterocycles. The zero-order valence-corrected chi connectivity index (χ0v) is 11.9. The lowest BCUT2D eigenvalue weighted by molar-refractivity contribution is 0.0900. The van der Waals surface area contributed by atoms with E-state index in [-0.39, 0.29) is 0 Å². The molecular weight excluding hydrogens is 252 g/mol. The molecule has 3 N–H and O–H groups in total. The SMILES string of the molecule is CCOc1cccc2[nH]cc(C(O)C3CCNCC3)c12. The molecule has 0 aliphatic carbocycles. The lowest BCUT2D eigenvalue weighted by Crippen LogP contribution is -2.30. The van der Waals surface area contributed by atoms with Gasteiger partial charge in [-0.05, 0) is 50.9 Å². The lowest BCUT2D eigenvalue weighted by atomic mass is 9.88. The summed E-state index contributed by atoms with van der Waals surface area (Å²) in [5.41, 5.74) is 2.00. The van der Waals surface area contributed by atoms with Crippen molar-refractivity contribution in [1.29, 1.82) is 0 Å². The van der Waals surface area contributed by atoms with E-state index >= 15 is 0 Å². The van der Waals surface area contributed by atoms with Crippen LogP contribution in [0.5, 0.6) is 5.75 Å². The number of ether oxygens (including phenoxy) is 1. The average molecular weight is 274 g/mol. The third-order valence-electron chi connectivity index (χ3n) is 4.15. The summed E-state index contributed by atoms with van der Waals surface area (Å²) in [4.78, 5) is 3.25. The summed E-state index contributed by atoms with van der Waals surface area (Å²) in [7, 11) is 0. The Kier molecular flexibility index (Phi) is 3.94. The molecule has 1 aromatic carbocycles. The van der Waals surface area contributed by atoms with Gasteiger partial charge in [0.15, 0.2) is 0 Å². The Morgan fingerprint density at radius 1 is 1.35 bits per heavy atom. The molecule has 2 aromatic rings. The highest BCUT2D eigenvalue weighted by atomic mass is 16.5. The van der Waals surface area contributed by atoms with Crippen molar-refractivity contribution in [2.24, 2.45) is 5.92 Å². The van der Waals surface area contributed by atoms with Gasteiger partial charge in [0, 0.05) is 22.7 Å².